The Kier molecular flexibility index (Phi) is 5.10. The fourth-order valence-electron chi connectivity index (χ4n) is 4.91. The molecule has 1 saturated heterocycles. The number of esters is 1. The van der Waals surface area contributed by atoms with Crippen LogP contribution in [0.1, 0.15) is 53.2 Å². The molecule has 7 nitrogen and oxygen atoms in total. The number of amides is 2. The molecular formula is C24H25N3O4. The zero-order valence-electron chi connectivity index (χ0n) is 17.2. The number of hydrogen-bond acceptors (Lipinski definition) is 5. The molecule has 3 aliphatic rings. The first-order valence-corrected chi connectivity index (χ1v) is 10.9. The van der Waals surface area contributed by atoms with Crippen LogP contribution in [0.4, 0.5) is 11.4 Å². The van der Waals surface area contributed by atoms with Crippen molar-refractivity contribution in [2.45, 2.75) is 44.2 Å². The predicted octanol–water partition coefficient (Wildman–Crippen LogP) is 2.96. The summed E-state index contributed by atoms with van der Waals surface area (Å²) >= 11 is 0. The molecule has 31 heavy (non-hydrogen) atoms. The van der Waals surface area contributed by atoms with Crippen LogP contribution in [0.3, 0.4) is 0 Å². The molecule has 5 rings (SSSR count). The average molecular weight is 419 g/mol. The van der Waals surface area contributed by atoms with Gasteiger partial charge in [0, 0.05) is 6.54 Å². The highest BCUT2D eigenvalue weighted by Gasteiger charge is 2.36. The molecule has 7 heteroatoms. The van der Waals surface area contributed by atoms with E-state index in [-0.39, 0.29) is 30.5 Å². The van der Waals surface area contributed by atoms with Gasteiger partial charge in [0.1, 0.15) is 6.04 Å². The first kappa shape index (κ1) is 19.6. The predicted molar refractivity (Wildman–Crippen MR) is 116 cm³/mol. The van der Waals surface area contributed by atoms with Crippen molar-refractivity contribution in [1.82, 2.24) is 5.32 Å². The number of nitrogens with one attached hydrogen (secondary N) is 2. The third-order valence-electron chi connectivity index (χ3n) is 6.39. The first-order valence-electron chi connectivity index (χ1n) is 10.9. The number of rotatable bonds is 4. The van der Waals surface area contributed by atoms with Crippen molar-refractivity contribution in [2.24, 2.45) is 0 Å². The van der Waals surface area contributed by atoms with Crippen LogP contribution in [-0.2, 0) is 20.7 Å². The maximum Gasteiger partial charge on any atom is 0.338 e. The van der Waals surface area contributed by atoms with E-state index in [4.69, 9.17) is 4.74 Å². The Labute approximate surface area is 180 Å². The number of nitrogens with zero attached hydrogens (tertiary/aromatic N) is 1. The second-order valence-electron chi connectivity index (χ2n) is 8.36. The lowest BCUT2D eigenvalue weighted by Gasteiger charge is -2.33. The van der Waals surface area contributed by atoms with Crippen LogP contribution in [0.25, 0.3) is 0 Å². The maximum atomic E-state index is 12.5. The summed E-state index contributed by atoms with van der Waals surface area (Å²) in [7, 11) is 0. The van der Waals surface area contributed by atoms with Gasteiger partial charge in [-0.1, -0.05) is 24.3 Å². The number of carbonyl (C=O) groups excluding carboxylic acids is 3. The normalized spacial score (nSPS) is 21.4. The monoisotopic (exact) mass is 419 g/mol. The van der Waals surface area contributed by atoms with Crippen LogP contribution in [-0.4, -0.2) is 37.0 Å². The molecule has 2 aliphatic heterocycles. The van der Waals surface area contributed by atoms with E-state index < -0.39 is 5.97 Å². The number of fused-ring (bicyclic) bond motifs is 4. The van der Waals surface area contributed by atoms with E-state index in [0.29, 0.717) is 11.3 Å². The molecule has 2 heterocycles. The molecule has 0 aromatic heterocycles. The Balaban J connectivity index is 1.21. The Hall–Kier alpha value is -3.35. The molecule has 0 bridgehead atoms. The van der Waals surface area contributed by atoms with Gasteiger partial charge in [0.05, 0.1) is 23.0 Å². The molecular weight excluding hydrogens is 394 g/mol. The van der Waals surface area contributed by atoms with Crippen molar-refractivity contribution < 1.29 is 19.1 Å². The molecule has 2 N–H and O–H groups in total. The van der Waals surface area contributed by atoms with E-state index in [1.165, 1.54) is 5.56 Å². The largest absolute Gasteiger partial charge is 0.452 e. The Morgan fingerprint density at radius 1 is 1.13 bits per heavy atom. The van der Waals surface area contributed by atoms with Gasteiger partial charge in [-0.05, 0) is 61.4 Å². The highest BCUT2D eigenvalue weighted by Crippen LogP contribution is 2.37. The third kappa shape index (κ3) is 3.76. The van der Waals surface area contributed by atoms with E-state index >= 15 is 0 Å². The second-order valence-corrected chi connectivity index (χ2v) is 8.36. The lowest BCUT2D eigenvalue weighted by molar-refractivity contribution is -0.125. The maximum absolute atomic E-state index is 12.5. The van der Waals surface area contributed by atoms with Crippen molar-refractivity contribution in [3.63, 3.8) is 0 Å². The second kappa shape index (κ2) is 8.06. The standard InChI is InChI=1S/C24H25N3O4/c28-22(25-18-8-3-6-15-5-1-2-7-17(15)18)14-31-24(30)16-10-11-20-19(13-16)26-23(29)21-9-4-12-27(20)21/h1-2,5,7,10-11,13,18,21H,3-4,6,8-9,12,14H2,(H,25,28)(H,26,29)/t18-,21+/m0/s1. The minimum absolute atomic E-state index is 0.0392. The van der Waals surface area contributed by atoms with Gasteiger partial charge in [-0.3, -0.25) is 9.59 Å². The number of anilines is 2. The topological polar surface area (TPSA) is 87.7 Å². The molecule has 0 saturated carbocycles. The summed E-state index contributed by atoms with van der Waals surface area (Å²) in [6, 6.07) is 13.1. The molecule has 2 aromatic carbocycles. The molecule has 0 spiro atoms. The van der Waals surface area contributed by atoms with Crippen molar-refractivity contribution >= 4 is 29.2 Å². The van der Waals surface area contributed by atoms with Crippen LogP contribution >= 0.6 is 0 Å². The summed E-state index contributed by atoms with van der Waals surface area (Å²) < 4.78 is 5.25. The van der Waals surface area contributed by atoms with Gasteiger partial charge in [0.15, 0.2) is 6.61 Å². The molecule has 2 atom stereocenters. The summed E-state index contributed by atoms with van der Waals surface area (Å²) in [4.78, 5) is 39.3. The van der Waals surface area contributed by atoms with Crippen molar-refractivity contribution in [3.8, 4) is 0 Å². The van der Waals surface area contributed by atoms with E-state index in [0.717, 1.165) is 49.9 Å². The van der Waals surface area contributed by atoms with E-state index in [1.54, 1.807) is 12.1 Å². The van der Waals surface area contributed by atoms with Gasteiger partial charge in [0.25, 0.3) is 5.91 Å². The number of ether oxygens (including phenoxy) is 1. The first-order chi connectivity index (χ1) is 15.1. The lowest BCUT2D eigenvalue weighted by Crippen LogP contribution is -2.43. The van der Waals surface area contributed by atoms with Crippen molar-refractivity contribution in [1.29, 1.82) is 0 Å². The molecule has 0 radical (unpaired) electrons. The Bertz CT molecular complexity index is 1050. The van der Waals surface area contributed by atoms with Gasteiger partial charge < -0.3 is 20.3 Å². The van der Waals surface area contributed by atoms with Gasteiger partial charge in [-0.25, -0.2) is 4.79 Å². The van der Waals surface area contributed by atoms with E-state index in [9.17, 15) is 14.4 Å². The van der Waals surface area contributed by atoms with Gasteiger partial charge in [-0.2, -0.15) is 0 Å². The third-order valence-corrected chi connectivity index (χ3v) is 6.39. The van der Waals surface area contributed by atoms with Crippen molar-refractivity contribution in [2.75, 3.05) is 23.4 Å². The quantitative estimate of drug-likeness (QED) is 0.744. The zero-order chi connectivity index (χ0) is 21.4. The molecule has 0 unspecified atom stereocenters. The average Bonchev–Trinajstić information content (AvgIpc) is 3.28. The van der Waals surface area contributed by atoms with E-state index in [2.05, 4.69) is 21.6 Å². The minimum Gasteiger partial charge on any atom is -0.452 e. The van der Waals surface area contributed by atoms with Crippen LogP contribution in [0, 0.1) is 0 Å². The van der Waals surface area contributed by atoms with Crippen LogP contribution in [0.5, 0.6) is 0 Å². The van der Waals surface area contributed by atoms with E-state index in [1.807, 2.05) is 24.3 Å². The highest BCUT2D eigenvalue weighted by molar-refractivity contribution is 6.05. The van der Waals surface area contributed by atoms with Gasteiger partial charge in [-0.15, -0.1) is 0 Å². The summed E-state index contributed by atoms with van der Waals surface area (Å²) in [5.41, 5.74) is 4.24. The number of aryl methyl sites for hydroxylation is 1. The smallest absolute Gasteiger partial charge is 0.338 e. The Morgan fingerprint density at radius 2 is 2.00 bits per heavy atom. The molecule has 1 aliphatic carbocycles. The fraction of sp³-hybridized carbons (Fsp3) is 0.375. The summed E-state index contributed by atoms with van der Waals surface area (Å²) in [5, 5.41) is 5.87. The van der Waals surface area contributed by atoms with Gasteiger partial charge in [0.2, 0.25) is 5.91 Å². The zero-order valence-corrected chi connectivity index (χ0v) is 17.2. The molecule has 2 amide bonds. The lowest BCUT2D eigenvalue weighted by atomic mass is 9.88. The minimum atomic E-state index is -0.584. The summed E-state index contributed by atoms with van der Waals surface area (Å²) in [6.45, 7) is 0.495. The molecule has 2 aromatic rings. The highest BCUT2D eigenvalue weighted by atomic mass is 16.5. The van der Waals surface area contributed by atoms with Crippen LogP contribution < -0.4 is 15.5 Å². The number of hydrogen-bond donors (Lipinski definition) is 2. The molecule has 160 valence electrons. The number of carbonyl (C=O) groups is 3. The number of benzene rings is 2. The fourth-order valence-corrected chi connectivity index (χ4v) is 4.91. The van der Waals surface area contributed by atoms with Crippen LogP contribution in [0.2, 0.25) is 0 Å². The summed E-state index contributed by atoms with van der Waals surface area (Å²) in [5.74, 6) is -0.941. The SMILES string of the molecule is O=C(COC(=O)c1ccc2c(c1)NC(=O)[C@H]1CCCN21)N[C@H]1CCCc2ccccc21. The van der Waals surface area contributed by atoms with Crippen LogP contribution in [0.15, 0.2) is 42.5 Å². The van der Waals surface area contributed by atoms with Gasteiger partial charge >= 0.3 is 5.97 Å². The van der Waals surface area contributed by atoms with Crippen molar-refractivity contribution in [3.05, 3.63) is 59.2 Å². The summed E-state index contributed by atoms with van der Waals surface area (Å²) in [6.07, 6.45) is 4.72. The molecule has 1 fully saturated rings. The Morgan fingerprint density at radius 3 is 2.90 bits per heavy atom.